The molecule has 8 heterocycles. The molecule has 14 N–H and O–H groups in total. The molecule has 8 aliphatic rings. The van der Waals surface area contributed by atoms with Crippen LogP contribution in [0.2, 0.25) is 0 Å². The molecule has 39 heteroatoms. The van der Waals surface area contributed by atoms with Gasteiger partial charge < -0.3 is 118 Å². The van der Waals surface area contributed by atoms with Crippen LogP contribution in [0.3, 0.4) is 0 Å². The third-order valence-electron chi connectivity index (χ3n) is 13.3. The van der Waals surface area contributed by atoms with Gasteiger partial charge >= 0.3 is 31.2 Å². The van der Waals surface area contributed by atoms with E-state index in [1.807, 2.05) is 0 Å². The Bertz CT molecular complexity index is 2250. The number of hydrogen-bond donors (Lipinski definition) is 14. The molecule has 8 aliphatic heterocycles. The minimum atomic E-state index is -5.49. The van der Waals surface area contributed by atoms with Gasteiger partial charge in [0.05, 0.1) is 45.7 Å². The number of aliphatic hydroxyl groups is 11. The zero-order valence-corrected chi connectivity index (χ0v) is 40.9. The Hall–Kier alpha value is -1.35. The molecule has 0 unspecified atom stereocenters. The number of rotatable bonds is 22. The van der Waals surface area contributed by atoms with Crippen LogP contribution in [0.15, 0.2) is 0 Å². The van der Waals surface area contributed by atoms with Crippen molar-refractivity contribution in [3.05, 3.63) is 0 Å². The minimum absolute atomic E-state index is 0.195. The van der Waals surface area contributed by atoms with Crippen LogP contribution >= 0.6 is 0 Å². The largest absolute Gasteiger partial charge is 0.397 e. The van der Waals surface area contributed by atoms with Crippen molar-refractivity contribution in [3.8, 4) is 0 Å². The second kappa shape index (κ2) is 23.6. The van der Waals surface area contributed by atoms with Gasteiger partial charge in [-0.05, 0) is 6.92 Å². The van der Waals surface area contributed by atoms with Gasteiger partial charge in [0, 0.05) is 0 Å². The van der Waals surface area contributed by atoms with Crippen LogP contribution in [0.5, 0.6) is 0 Å². The normalized spacial score (nSPS) is 46.8. The highest BCUT2D eigenvalue weighted by Gasteiger charge is 2.61. The van der Waals surface area contributed by atoms with Gasteiger partial charge in [-0.3, -0.25) is 13.7 Å². The van der Waals surface area contributed by atoms with Crippen molar-refractivity contribution >= 4 is 31.2 Å². The SMILES string of the molecule is C[C@@H](O)[C@@H](O[C@H]1O[C@@H]2CO[C@H]([C@H]1O)[C@H]2O[C@H]1O[C@H](CO)[C@H](OS(=O)(=O)O)[C@H](O[C@H]2O[C@@H]3CO[C@H]([C@H]2O)[C@H]3O[C@H]2O[C@H](CO)[C@H](OS(=O)(=O)O)[C@H](O[C@H]3O[C@@H]4CO[C@@H]([C@H]4O)[C@H]3O)[C@H]2O)[C@H]1O)[C@@H](OS(=O)(=O)O)[C@@H](O)CO. The van der Waals surface area contributed by atoms with Crippen LogP contribution in [0.25, 0.3) is 0 Å². The van der Waals surface area contributed by atoms with Crippen molar-refractivity contribution in [2.45, 2.75) is 185 Å². The van der Waals surface area contributed by atoms with Crippen molar-refractivity contribution in [1.29, 1.82) is 0 Å². The first kappa shape index (κ1) is 59.8. The molecule has 0 spiro atoms. The summed E-state index contributed by atoms with van der Waals surface area (Å²) in [4.78, 5) is 0. The Kier molecular flexibility index (Phi) is 18.8. The van der Waals surface area contributed by atoms with E-state index in [4.69, 9.17) is 69.9 Å². The van der Waals surface area contributed by atoms with Crippen LogP contribution < -0.4 is 0 Å². The highest BCUT2D eigenvalue weighted by Crippen LogP contribution is 2.41. The molecule has 0 aliphatic carbocycles. The van der Waals surface area contributed by atoms with Crippen molar-refractivity contribution in [1.82, 2.24) is 0 Å². The fourth-order valence-corrected chi connectivity index (χ4v) is 11.5. The van der Waals surface area contributed by atoms with Crippen molar-refractivity contribution in [2.24, 2.45) is 0 Å². The maximum Gasteiger partial charge on any atom is 0.397 e. The fraction of sp³-hybridized carbons (Fsp3) is 1.00. The van der Waals surface area contributed by atoms with E-state index >= 15 is 0 Å². The van der Waals surface area contributed by atoms with E-state index in [9.17, 15) is 95.1 Å². The van der Waals surface area contributed by atoms with E-state index in [1.165, 1.54) is 0 Å². The second-order valence-electron chi connectivity index (χ2n) is 18.4. The molecule has 0 saturated carbocycles. The van der Waals surface area contributed by atoms with E-state index in [0.717, 1.165) is 6.92 Å². The van der Waals surface area contributed by atoms with Crippen LogP contribution in [-0.2, 0) is 105 Å². The molecule has 29 atom stereocenters. The van der Waals surface area contributed by atoms with E-state index in [1.54, 1.807) is 0 Å². The first-order valence-corrected chi connectivity index (χ1v) is 26.8. The molecule has 436 valence electrons. The van der Waals surface area contributed by atoms with Gasteiger partial charge in [0.1, 0.15) is 140 Å². The number of hydrogen-bond acceptors (Lipinski definition) is 33. The highest BCUT2D eigenvalue weighted by atomic mass is 32.3. The summed E-state index contributed by atoms with van der Waals surface area (Å²) in [6.07, 6.45) is -52.1. The van der Waals surface area contributed by atoms with Crippen LogP contribution in [0.1, 0.15) is 6.92 Å². The summed E-state index contributed by atoms with van der Waals surface area (Å²) in [5.74, 6) is 0. The summed E-state index contributed by atoms with van der Waals surface area (Å²) in [7, 11) is -16.2. The summed E-state index contributed by atoms with van der Waals surface area (Å²) in [5, 5.41) is 118. The second-order valence-corrected chi connectivity index (χ2v) is 21.5. The Balaban J connectivity index is 0.969. The zero-order chi connectivity index (χ0) is 54.8. The smallest absolute Gasteiger partial charge is 0.394 e. The number of fused-ring (bicyclic) bond motifs is 6. The molecular weight excluding hydrogens is 1100 g/mol. The predicted octanol–water partition coefficient (Wildman–Crippen LogP) is -10.8. The van der Waals surface area contributed by atoms with E-state index in [0.29, 0.717) is 0 Å². The average molecular weight is 1160 g/mol. The molecule has 75 heavy (non-hydrogen) atoms. The molecule has 36 nitrogen and oxygen atoms in total. The standard InChI is InChI=1S/C36H58O36S3/c1-8(40)21(22(9(41)2-37)70-73(48,49)50)65-33-17(44)28-23(13(63-33)6-58-28)66-36-20(47)31(26(11(4-39)61-36)72-75(54,55)56)69-34-18(45)29-24(14(64-34)7-59-29)67-35-19(46)30(25(10(3-38)60-35)71-74(51,52)53)68-32-16(43)27-15(42)12(62-32)5-57-27/h8-47H,2-7H2,1H3,(H,48,49,50)(H,51,52,53)(H,54,55,56)/t8-,9+,10-,11-,12-,13-,14-,15+,16-,17-,18-,19-,20-,21-,22+,23+,24+,25+,26+,27+,28-,29-,30-,31-,32-,33-,34-,35-,36-/m1/s1. The summed E-state index contributed by atoms with van der Waals surface area (Å²) in [6, 6.07) is 0. The summed E-state index contributed by atoms with van der Waals surface area (Å²) in [5.41, 5.74) is 0. The molecule has 0 aromatic carbocycles. The fourth-order valence-electron chi connectivity index (χ4n) is 9.91. The van der Waals surface area contributed by atoms with Crippen molar-refractivity contribution in [2.75, 3.05) is 39.6 Å². The van der Waals surface area contributed by atoms with Gasteiger partial charge in [-0.2, -0.15) is 25.3 Å². The first-order chi connectivity index (χ1) is 35.1. The lowest BCUT2D eigenvalue weighted by molar-refractivity contribution is -0.376. The Morgan fingerprint density at radius 3 is 1.28 bits per heavy atom. The molecule has 0 amide bonds. The Labute approximate surface area is 424 Å². The summed E-state index contributed by atoms with van der Waals surface area (Å²) in [6.45, 7) is -3.39. The predicted molar refractivity (Wildman–Crippen MR) is 221 cm³/mol. The third kappa shape index (κ3) is 13.1. The lowest BCUT2D eigenvalue weighted by atomic mass is 9.96. The zero-order valence-electron chi connectivity index (χ0n) is 38.5. The van der Waals surface area contributed by atoms with Crippen LogP contribution in [0.4, 0.5) is 0 Å². The highest BCUT2D eigenvalue weighted by molar-refractivity contribution is 7.81. The molecule has 6 bridgehead atoms. The first-order valence-electron chi connectivity index (χ1n) is 22.7. The third-order valence-corrected chi connectivity index (χ3v) is 14.7. The molecule has 8 saturated heterocycles. The summed E-state index contributed by atoms with van der Waals surface area (Å²) >= 11 is 0. The van der Waals surface area contributed by atoms with Gasteiger partial charge in [0.25, 0.3) is 0 Å². The Morgan fingerprint density at radius 2 is 0.853 bits per heavy atom. The van der Waals surface area contributed by atoms with E-state index in [2.05, 4.69) is 4.18 Å². The maximum absolute atomic E-state index is 12.1. The van der Waals surface area contributed by atoms with Gasteiger partial charge in [-0.15, -0.1) is 0 Å². The molecule has 0 aromatic heterocycles. The maximum atomic E-state index is 12.1. The van der Waals surface area contributed by atoms with Gasteiger partial charge in [-0.1, -0.05) is 0 Å². The van der Waals surface area contributed by atoms with Crippen LogP contribution in [-0.4, -0.2) is 313 Å². The topological polar surface area (TPSA) is 533 Å². The minimum Gasteiger partial charge on any atom is -0.394 e. The lowest BCUT2D eigenvalue weighted by Crippen LogP contribution is -2.67. The van der Waals surface area contributed by atoms with Gasteiger partial charge in [0.15, 0.2) is 31.5 Å². The molecule has 8 rings (SSSR count). The molecule has 8 fully saturated rings. The quantitative estimate of drug-likeness (QED) is 0.0448. The van der Waals surface area contributed by atoms with Crippen molar-refractivity contribution < 1.29 is 169 Å². The van der Waals surface area contributed by atoms with Gasteiger partial charge in [0.2, 0.25) is 0 Å². The monoisotopic (exact) mass is 1160 g/mol. The summed E-state index contributed by atoms with van der Waals surface area (Å²) < 4.78 is 188. The molecule has 0 aromatic rings. The van der Waals surface area contributed by atoms with E-state index in [-0.39, 0.29) is 6.61 Å². The lowest BCUT2D eigenvalue weighted by Gasteiger charge is -2.48. The molecule has 0 radical (unpaired) electrons. The number of aliphatic hydroxyl groups excluding tert-OH is 11. The Morgan fingerprint density at radius 1 is 0.467 bits per heavy atom. The molecular formula is C36H58O36S3. The average Bonchev–Trinajstić information content (AvgIpc) is 3.91. The van der Waals surface area contributed by atoms with Crippen LogP contribution in [0, 0.1) is 0 Å². The number of ether oxygens (including phenoxy) is 13. The van der Waals surface area contributed by atoms with Crippen molar-refractivity contribution in [3.63, 3.8) is 0 Å². The van der Waals surface area contributed by atoms with E-state index < -0.39 is 242 Å². The van der Waals surface area contributed by atoms with Gasteiger partial charge in [-0.25, -0.2) is 12.5 Å².